The number of fused-ring (bicyclic) bond motifs is 1. The van der Waals surface area contributed by atoms with Crippen LogP contribution >= 0.6 is 11.8 Å². The molecule has 0 radical (unpaired) electrons. The molecule has 3 aromatic rings. The first-order valence-electron chi connectivity index (χ1n) is 4.36. The van der Waals surface area contributed by atoms with Crippen molar-refractivity contribution in [3.63, 3.8) is 0 Å². The van der Waals surface area contributed by atoms with E-state index in [2.05, 4.69) is 15.3 Å². The second-order valence-electron chi connectivity index (χ2n) is 2.94. The van der Waals surface area contributed by atoms with E-state index in [1.165, 1.54) is 11.8 Å². The molecule has 0 aliphatic rings. The van der Waals surface area contributed by atoms with Crippen LogP contribution in [0.5, 0.6) is 0 Å². The molecule has 0 amide bonds. The van der Waals surface area contributed by atoms with Gasteiger partial charge in [0, 0.05) is 12.4 Å². The zero-order valence-corrected chi connectivity index (χ0v) is 8.79. The van der Waals surface area contributed by atoms with Gasteiger partial charge in [0.05, 0.1) is 0 Å². The molecular formula is C8H8N6S. The van der Waals surface area contributed by atoms with Crippen LogP contribution in [0.3, 0.4) is 0 Å². The lowest BCUT2D eigenvalue weighted by Gasteiger charge is -1.99. The zero-order valence-electron chi connectivity index (χ0n) is 7.98. The average molecular weight is 220 g/mol. The van der Waals surface area contributed by atoms with E-state index in [4.69, 9.17) is 0 Å². The van der Waals surface area contributed by atoms with Gasteiger partial charge in [-0.1, -0.05) is 11.8 Å². The predicted octanol–water partition coefficient (Wildman–Crippen LogP) is 0.761. The molecule has 3 aromatic heterocycles. The monoisotopic (exact) mass is 220 g/mol. The second-order valence-corrected chi connectivity index (χ2v) is 3.71. The molecule has 3 rings (SSSR count). The Kier molecular flexibility index (Phi) is 1.78. The largest absolute Gasteiger partial charge is 0.274 e. The van der Waals surface area contributed by atoms with Crippen molar-refractivity contribution in [3.8, 4) is 0 Å². The molecule has 0 bridgehead atoms. The Balaban J connectivity index is 2.25. The lowest BCUT2D eigenvalue weighted by molar-refractivity contribution is 0.674. The van der Waals surface area contributed by atoms with Gasteiger partial charge in [0.25, 0.3) is 5.78 Å². The van der Waals surface area contributed by atoms with E-state index in [1.54, 1.807) is 10.8 Å². The number of rotatable bonds is 2. The summed E-state index contributed by atoms with van der Waals surface area (Å²) in [4.78, 5) is 0. The fourth-order valence-electron chi connectivity index (χ4n) is 1.41. The third-order valence-electron chi connectivity index (χ3n) is 2.10. The standard InChI is InChI=1S/C8H8N6S/c1-15-8-11-10-7-13(6-9-14(7)8)12-4-2-3-5-12/h2-6H,1H3. The molecule has 0 saturated carbocycles. The Labute approximate surface area is 89.5 Å². The zero-order chi connectivity index (χ0) is 10.3. The van der Waals surface area contributed by atoms with Gasteiger partial charge in [-0.25, -0.2) is 4.68 Å². The minimum absolute atomic E-state index is 0.704. The van der Waals surface area contributed by atoms with Crippen LogP contribution < -0.4 is 0 Å². The van der Waals surface area contributed by atoms with Crippen LogP contribution in [-0.2, 0) is 0 Å². The van der Waals surface area contributed by atoms with Crippen molar-refractivity contribution in [1.29, 1.82) is 0 Å². The molecule has 0 saturated heterocycles. The van der Waals surface area contributed by atoms with Crippen LogP contribution in [0.25, 0.3) is 5.78 Å². The van der Waals surface area contributed by atoms with Crippen LogP contribution in [-0.4, -0.2) is 35.4 Å². The first-order chi connectivity index (χ1) is 7.40. The van der Waals surface area contributed by atoms with Crippen LogP contribution in [0.2, 0.25) is 0 Å². The minimum Gasteiger partial charge on any atom is -0.260 e. The van der Waals surface area contributed by atoms with Crippen LogP contribution in [0.15, 0.2) is 36.0 Å². The lowest BCUT2D eigenvalue weighted by atomic mass is 10.7. The summed E-state index contributed by atoms with van der Waals surface area (Å²) in [6, 6.07) is 3.89. The summed E-state index contributed by atoms with van der Waals surface area (Å²) in [7, 11) is 0. The van der Waals surface area contributed by atoms with Crippen molar-refractivity contribution in [2.24, 2.45) is 0 Å². The molecule has 7 heteroatoms. The van der Waals surface area contributed by atoms with Crippen molar-refractivity contribution in [2.45, 2.75) is 5.16 Å². The van der Waals surface area contributed by atoms with E-state index in [-0.39, 0.29) is 0 Å². The summed E-state index contributed by atoms with van der Waals surface area (Å²) in [6.07, 6.45) is 7.51. The Morgan fingerprint density at radius 2 is 2.00 bits per heavy atom. The number of thioether (sulfide) groups is 1. The predicted molar refractivity (Wildman–Crippen MR) is 55.8 cm³/mol. The highest BCUT2D eigenvalue weighted by Gasteiger charge is 2.10. The fourth-order valence-corrected chi connectivity index (χ4v) is 1.84. The number of nitrogens with zero attached hydrogens (tertiary/aromatic N) is 6. The molecule has 0 aliphatic carbocycles. The summed E-state index contributed by atoms with van der Waals surface area (Å²) < 4.78 is 5.43. The topological polar surface area (TPSA) is 52.9 Å². The van der Waals surface area contributed by atoms with Crippen molar-refractivity contribution in [2.75, 3.05) is 6.26 Å². The smallest absolute Gasteiger partial charge is 0.260 e. The second kappa shape index (κ2) is 3.13. The molecule has 6 nitrogen and oxygen atoms in total. The number of aromatic nitrogens is 6. The molecule has 0 atom stereocenters. The van der Waals surface area contributed by atoms with Gasteiger partial charge < -0.3 is 0 Å². The Hall–Kier alpha value is -1.76. The first-order valence-corrected chi connectivity index (χ1v) is 5.59. The molecule has 0 spiro atoms. The van der Waals surface area contributed by atoms with E-state index in [9.17, 15) is 0 Å². The summed E-state index contributed by atoms with van der Waals surface area (Å²) >= 11 is 1.52. The molecule has 15 heavy (non-hydrogen) atoms. The summed E-state index contributed by atoms with van der Waals surface area (Å²) in [5.74, 6) is 0.704. The first kappa shape index (κ1) is 8.54. The van der Waals surface area contributed by atoms with Gasteiger partial charge in [-0.3, -0.25) is 4.68 Å². The van der Waals surface area contributed by atoms with E-state index in [0.29, 0.717) is 5.78 Å². The summed E-state index contributed by atoms with van der Waals surface area (Å²) in [6.45, 7) is 0. The molecule has 0 aromatic carbocycles. The summed E-state index contributed by atoms with van der Waals surface area (Å²) in [5.41, 5.74) is 0. The van der Waals surface area contributed by atoms with Gasteiger partial charge in [0.15, 0.2) is 0 Å². The van der Waals surface area contributed by atoms with Gasteiger partial charge in [-0.05, 0) is 18.4 Å². The van der Waals surface area contributed by atoms with E-state index >= 15 is 0 Å². The maximum Gasteiger partial charge on any atom is 0.274 e. The van der Waals surface area contributed by atoms with Crippen molar-refractivity contribution in [3.05, 3.63) is 30.9 Å². The maximum atomic E-state index is 4.22. The Morgan fingerprint density at radius 3 is 2.73 bits per heavy atom. The van der Waals surface area contributed by atoms with Crippen LogP contribution in [0.4, 0.5) is 0 Å². The van der Waals surface area contributed by atoms with Crippen molar-refractivity contribution < 1.29 is 0 Å². The van der Waals surface area contributed by atoms with Crippen LogP contribution in [0, 0.1) is 0 Å². The SMILES string of the molecule is CSc1nnc2n(-n3cccc3)cnn12. The van der Waals surface area contributed by atoms with Gasteiger partial charge in [-0.15, -0.1) is 10.2 Å². The van der Waals surface area contributed by atoms with Gasteiger partial charge in [-0.2, -0.15) is 9.61 Å². The van der Waals surface area contributed by atoms with Crippen molar-refractivity contribution >= 4 is 17.5 Å². The highest BCUT2D eigenvalue weighted by atomic mass is 32.2. The van der Waals surface area contributed by atoms with E-state index in [0.717, 1.165) is 5.16 Å². The lowest BCUT2D eigenvalue weighted by Crippen LogP contribution is -2.05. The minimum atomic E-state index is 0.704. The normalized spacial score (nSPS) is 11.3. The molecular weight excluding hydrogens is 212 g/mol. The van der Waals surface area contributed by atoms with Gasteiger partial charge in [0.1, 0.15) is 6.33 Å². The van der Waals surface area contributed by atoms with Gasteiger partial charge in [0.2, 0.25) is 5.16 Å². The molecule has 0 unspecified atom stereocenters. The molecule has 0 aliphatic heterocycles. The Bertz CT molecular complexity index is 577. The van der Waals surface area contributed by atoms with Crippen molar-refractivity contribution in [1.82, 2.24) is 29.2 Å². The van der Waals surface area contributed by atoms with Gasteiger partial charge >= 0.3 is 0 Å². The molecule has 0 N–H and O–H groups in total. The fraction of sp³-hybridized carbons (Fsp3) is 0.125. The molecule has 76 valence electrons. The molecule has 0 fully saturated rings. The average Bonchev–Trinajstić information content (AvgIpc) is 2.93. The number of hydrogen-bond acceptors (Lipinski definition) is 4. The van der Waals surface area contributed by atoms with Crippen LogP contribution in [0.1, 0.15) is 0 Å². The van der Waals surface area contributed by atoms with E-state index in [1.807, 2.05) is 40.1 Å². The van der Waals surface area contributed by atoms with E-state index < -0.39 is 0 Å². The Morgan fingerprint density at radius 1 is 1.20 bits per heavy atom. The highest BCUT2D eigenvalue weighted by molar-refractivity contribution is 7.98. The summed E-state index contributed by atoms with van der Waals surface area (Å²) in [5, 5.41) is 13.1. The highest BCUT2D eigenvalue weighted by Crippen LogP contribution is 2.12. The third-order valence-corrected chi connectivity index (χ3v) is 2.72. The quantitative estimate of drug-likeness (QED) is 0.598. The molecule has 3 heterocycles. The number of hydrogen-bond donors (Lipinski definition) is 0. The third kappa shape index (κ3) is 1.16. The maximum absolute atomic E-state index is 4.22.